The van der Waals surface area contributed by atoms with Gasteiger partial charge in [-0.1, -0.05) is 25.2 Å². The van der Waals surface area contributed by atoms with Gasteiger partial charge in [-0.15, -0.1) is 0 Å². The molecule has 0 aliphatic heterocycles. The standard InChI is InChI=1S/C11H18O3/c1-3-4-5-6-10(13)9(2)11(14)7-8-12/h3-6,9,11-12,14H,7-8H2,1-2H3. The van der Waals surface area contributed by atoms with Gasteiger partial charge in [-0.2, -0.15) is 0 Å². The average Bonchev–Trinajstić information content (AvgIpc) is 2.17. The summed E-state index contributed by atoms with van der Waals surface area (Å²) in [6, 6.07) is 0. The molecule has 3 nitrogen and oxygen atoms in total. The Morgan fingerprint density at radius 3 is 2.57 bits per heavy atom. The molecule has 0 fully saturated rings. The first-order valence-electron chi connectivity index (χ1n) is 4.75. The van der Waals surface area contributed by atoms with Crippen molar-refractivity contribution in [1.82, 2.24) is 0 Å². The van der Waals surface area contributed by atoms with Gasteiger partial charge in [-0.05, 0) is 19.4 Å². The third-order valence-electron chi connectivity index (χ3n) is 2.01. The minimum absolute atomic E-state index is 0.0998. The molecule has 0 rings (SSSR count). The van der Waals surface area contributed by atoms with E-state index in [-0.39, 0.29) is 18.8 Å². The zero-order valence-corrected chi connectivity index (χ0v) is 8.68. The number of hydrogen-bond donors (Lipinski definition) is 2. The highest BCUT2D eigenvalue weighted by molar-refractivity contribution is 5.92. The van der Waals surface area contributed by atoms with E-state index in [1.807, 2.05) is 13.0 Å². The monoisotopic (exact) mass is 198 g/mol. The predicted molar refractivity (Wildman–Crippen MR) is 55.8 cm³/mol. The number of carbonyl (C=O) groups excluding carboxylic acids is 1. The lowest BCUT2D eigenvalue weighted by Gasteiger charge is -2.14. The van der Waals surface area contributed by atoms with Crippen LogP contribution in [0.25, 0.3) is 0 Å². The molecule has 0 aromatic heterocycles. The van der Waals surface area contributed by atoms with Crippen LogP contribution in [0.5, 0.6) is 0 Å². The summed E-state index contributed by atoms with van der Waals surface area (Å²) in [7, 11) is 0. The van der Waals surface area contributed by atoms with Crippen LogP contribution in [0.2, 0.25) is 0 Å². The molecule has 0 saturated carbocycles. The second kappa shape index (κ2) is 7.47. The largest absolute Gasteiger partial charge is 0.396 e. The van der Waals surface area contributed by atoms with Gasteiger partial charge in [-0.3, -0.25) is 4.79 Å². The molecule has 0 saturated heterocycles. The molecule has 0 spiro atoms. The summed E-state index contributed by atoms with van der Waals surface area (Å²) in [5.41, 5.74) is 0. The summed E-state index contributed by atoms with van der Waals surface area (Å²) in [5, 5.41) is 18.0. The van der Waals surface area contributed by atoms with E-state index in [1.54, 1.807) is 19.1 Å². The fourth-order valence-electron chi connectivity index (χ4n) is 0.985. The minimum atomic E-state index is -0.761. The zero-order valence-electron chi connectivity index (χ0n) is 8.68. The molecular formula is C11H18O3. The Hall–Kier alpha value is -0.930. The first-order chi connectivity index (χ1) is 6.63. The van der Waals surface area contributed by atoms with Crippen LogP contribution in [-0.4, -0.2) is 28.7 Å². The summed E-state index contributed by atoms with van der Waals surface area (Å²) in [6.07, 6.45) is 6.13. The fraction of sp³-hybridized carbons (Fsp3) is 0.545. The molecule has 0 aliphatic rings. The van der Waals surface area contributed by atoms with Gasteiger partial charge in [0.05, 0.1) is 6.10 Å². The van der Waals surface area contributed by atoms with Crippen molar-refractivity contribution in [3.8, 4) is 0 Å². The zero-order chi connectivity index (χ0) is 11.0. The van der Waals surface area contributed by atoms with E-state index in [1.165, 1.54) is 6.08 Å². The third-order valence-corrected chi connectivity index (χ3v) is 2.01. The smallest absolute Gasteiger partial charge is 0.161 e. The van der Waals surface area contributed by atoms with E-state index in [2.05, 4.69) is 0 Å². The molecule has 2 N–H and O–H groups in total. The van der Waals surface area contributed by atoms with Crippen LogP contribution in [0.4, 0.5) is 0 Å². The number of allylic oxidation sites excluding steroid dienone is 4. The molecule has 0 amide bonds. The molecule has 0 bridgehead atoms. The number of ketones is 1. The van der Waals surface area contributed by atoms with Crippen molar-refractivity contribution in [2.75, 3.05) is 6.61 Å². The van der Waals surface area contributed by atoms with Crippen molar-refractivity contribution in [3.63, 3.8) is 0 Å². The lowest BCUT2D eigenvalue weighted by atomic mass is 9.97. The molecular weight excluding hydrogens is 180 g/mol. The van der Waals surface area contributed by atoms with Crippen molar-refractivity contribution in [3.05, 3.63) is 24.3 Å². The van der Waals surface area contributed by atoms with E-state index in [0.29, 0.717) is 0 Å². The predicted octanol–water partition coefficient (Wildman–Crippen LogP) is 1.07. The van der Waals surface area contributed by atoms with Crippen LogP contribution in [-0.2, 0) is 4.79 Å². The maximum absolute atomic E-state index is 11.4. The molecule has 2 unspecified atom stereocenters. The number of aliphatic hydroxyl groups excluding tert-OH is 2. The Morgan fingerprint density at radius 2 is 2.07 bits per heavy atom. The van der Waals surface area contributed by atoms with Crippen molar-refractivity contribution < 1.29 is 15.0 Å². The molecule has 14 heavy (non-hydrogen) atoms. The van der Waals surface area contributed by atoms with Gasteiger partial charge in [0.1, 0.15) is 0 Å². The number of carbonyl (C=O) groups is 1. The van der Waals surface area contributed by atoms with E-state index in [9.17, 15) is 9.90 Å². The fourth-order valence-corrected chi connectivity index (χ4v) is 0.985. The Labute approximate surface area is 84.8 Å². The van der Waals surface area contributed by atoms with Crippen LogP contribution in [0.3, 0.4) is 0 Å². The van der Waals surface area contributed by atoms with Crippen LogP contribution in [0.15, 0.2) is 24.3 Å². The highest BCUT2D eigenvalue weighted by Gasteiger charge is 2.18. The summed E-state index contributed by atoms with van der Waals surface area (Å²) in [5.74, 6) is -0.576. The lowest BCUT2D eigenvalue weighted by molar-refractivity contribution is -0.121. The maximum atomic E-state index is 11.4. The van der Waals surface area contributed by atoms with Gasteiger partial charge in [0, 0.05) is 12.5 Å². The molecule has 0 radical (unpaired) electrons. The van der Waals surface area contributed by atoms with Gasteiger partial charge in [0.25, 0.3) is 0 Å². The second-order valence-corrected chi connectivity index (χ2v) is 3.16. The van der Waals surface area contributed by atoms with Gasteiger partial charge in [0.15, 0.2) is 5.78 Å². The van der Waals surface area contributed by atoms with Crippen LogP contribution >= 0.6 is 0 Å². The Kier molecular flexibility index (Phi) is 6.98. The van der Waals surface area contributed by atoms with Gasteiger partial charge < -0.3 is 10.2 Å². The first-order valence-corrected chi connectivity index (χ1v) is 4.75. The van der Waals surface area contributed by atoms with Gasteiger partial charge in [0.2, 0.25) is 0 Å². The molecule has 2 atom stereocenters. The lowest BCUT2D eigenvalue weighted by Crippen LogP contribution is -2.25. The highest BCUT2D eigenvalue weighted by atomic mass is 16.3. The van der Waals surface area contributed by atoms with Crippen molar-refractivity contribution >= 4 is 5.78 Å². The quantitative estimate of drug-likeness (QED) is 0.496. The topological polar surface area (TPSA) is 57.5 Å². The second-order valence-electron chi connectivity index (χ2n) is 3.16. The summed E-state index contributed by atoms with van der Waals surface area (Å²) in [6.45, 7) is 3.42. The SMILES string of the molecule is CC=CC=CC(=O)C(C)C(O)CCO. The van der Waals surface area contributed by atoms with Crippen molar-refractivity contribution in [2.24, 2.45) is 5.92 Å². The first kappa shape index (κ1) is 13.1. The van der Waals surface area contributed by atoms with Crippen molar-refractivity contribution in [2.45, 2.75) is 26.4 Å². The molecule has 80 valence electrons. The average molecular weight is 198 g/mol. The minimum Gasteiger partial charge on any atom is -0.396 e. The molecule has 0 aliphatic carbocycles. The number of rotatable bonds is 6. The van der Waals surface area contributed by atoms with Crippen molar-refractivity contribution in [1.29, 1.82) is 0 Å². The van der Waals surface area contributed by atoms with E-state index >= 15 is 0 Å². The van der Waals surface area contributed by atoms with E-state index in [0.717, 1.165) is 0 Å². The van der Waals surface area contributed by atoms with E-state index < -0.39 is 12.0 Å². The number of hydrogen-bond acceptors (Lipinski definition) is 3. The number of aliphatic hydroxyl groups is 2. The molecule has 0 aromatic rings. The Morgan fingerprint density at radius 1 is 1.43 bits per heavy atom. The highest BCUT2D eigenvalue weighted by Crippen LogP contribution is 2.08. The summed E-state index contributed by atoms with van der Waals surface area (Å²) < 4.78 is 0. The van der Waals surface area contributed by atoms with Gasteiger partial charge >= 0.3 is 0 Å². The summed E-state index contributed by atoms with van der Waals surface area (Å²) in [4.78, 5) is 11.4. The van der Waals surface area contributed by atoms with Gasteiger partial charge in [-0.25, -0.2) is 0 Å². The maximum Gasteiger partial charge on any atom is 0.161 e. The normalized spacial score (nSPS) is 16.3. The Balaban J connectivity index is 4.10. The Bertz CT molecular complexity index is 219. The van der Waals surface area contributed by atoms with E-state index in [4.69, 9.17) is 5.11 Å². The van der Waals surface area contributed by atoms with Crippen LogP contribution < -0.4 is 0 Å². The molecule has 0 heterocycles. The summed E-state index contributed by atoms with van der Waals surface area (Å²) >= 11 is 0. The van der Waals surface area contributed by atoms with Crippen LogP contribution in [0, 0.1) is 5.92 Å². The molecule has 3 heteroatoms. The van der Waals surface area contributed by atoms with Crippen LogP contribution in [0.1, 0.15) is 20.3 Å². The third kappa shape index (κ3) is 4.94. The molecule has 0 aromatic carbocycles.